The molecule has 4 aliphatic rings. The Balaban J connectivity index is 1.28. The van der Waals surface area contributed by atoms with Gasteiger partial charge in [-0.05, 0) is 123 Å². The molecule has 2 heteroatoms. The van der Waals surface area contributed by atoms with Gasteiger partial charge in [0.25, 0.3) is 0 Å². The van der Waals surface area contributed by atoms with Gasteiger partial charge in [-0.15, -0.1) is 0 Å². The molecular weight excluding hydrogens is 402 g/mol. The highest BCUT2D eigenvalue weighted by Gasteiger charge is 2.60. The first kappa shape index (κ1) is 23.0. The van der Waals surface area contributed by atoms with Crippen molar-refractivity contribution in [1.82, 2.24) is 0 Å². The minimum Gasteiger partial charge on any atom is -0.378 e. The summed E-state index contributed by atoms with van der Waals surface area (Å²) in [7, 11) is 4.16. The van der Waals surface area contributed by atoms with Crippen molar-refractivity contribution in [2.75, 3.05) is 19.0 Å². The maximum atomic E-state index is 12.4. The third-order valence-corrected chi connectivity index (χ3v) is 11.0. The number of benzene rings is 1. The van der Waals surface area contributed by atoms with Gasteiger partial charge in [0.2, 0.25) is 0 Å². The van der Waals surface area contributed by atoms with Crippen molar-refractivity contribution in [3.8, 4) is 11.8 Å². The number of nitrogens with zero attached hydrogens (tertiary/aromatic N) is 1. The van der Waals surface area contributed by atoms with Crippen molar-refractivity contribution < 1.29 is 4.79 Å². The molecule has 8 atom stereocenters. The quantitative estimate of drug-likeness (QED) is 0.458. The summed E-state index contributed by atoms with van der Waals surface area (Å²) in [4.78, 5) is 14.5. The third-order valence-electron chi connectivity index (χ3n) is 11.0. The molecule has 4 saturated carbocycles. The fraction of sp³-hybridized carbons (Fsp3) is 0.710. The molecule has 1 aromatic carbocycles. The molecule has 0 aromatic heterocycles. The molecule has 0 N–H and O–H groups in total. The lowest BCUT2D eigenvalue weighted by Crippen LogP contribution is -2.53. The van der Waals surface area contributed by atoms with Crippen LogP contribution < -0.4 is 4.90 Å². The normalized spacial score (nSPS) is 41.7. The summed E-state index contributed by atoms with van der Waals surface area (Å²) < 4.78 is 0. The number of carbonyl (C=O) groups is 1. The molecule has 33 heavy (non-hydrogen) atoms. The molecule has 0 saturated heterocycles. The second-order valence-electron chi connectivity index (χ2n) is 12.6. The van der Waals surface area contributed by atoms with Crippen molar-refractivity contribution in [2.24, 2.45) is 46.3 Å². The van der Waals surface area contributed by atoms with E-state index in [-0.39, 0.29) is 5.41 Å². The predicted molar refractivity (Wildman–Crippen MR) is 137 cm³/mol. The van der Waals surface area contributed by atoms with E-state index in [2.05, 4.69) is 68.9 Å². The first-order valence-electron chi connectivity index (χ1n) is 13.5. The third kappa shape index (κ3) is 3.84. The highest BCUT2D eigenvalue weighted by Crippen LogP contribution is 2.67. The summed E-state index contributed by atoms with van der Waals surface area (Å²) in [6, 6.07) is 8.66. The van der Waals surface area contributed by atoms with Crippen LogP contribution in [0.3, 0.4) is 0 Å². The molecule has 5 rings (SSSR count). The van der Waals surface area contributed by atoms with Crippen LogP contribution in [0.1, 0.15) is 84.1 Å². The van der Waals surface area contributed by atoms with Crippen molar-refractivity contribution in [2.45, 2.75) is 78.6 Å². The van der Waals surface area contributed by atoms with E-state index in [4.69, 9.17) is 0 Å². The van der Waals surface area contributed by atoms with Gasteiger partial charge in [0.05, 0.1) is 0 Å². The topological polar surface area (TPSA) is 20.3 Å². The number of fused-ring (bicyclic) bond motifs is 5. The number of hydrogen-bond acceptors (Lipinski definition) is 2. The van der Waals surface area contributed by atoms with E-state index in [1.165, 1.54) is 57.1 Å². The smallest absolute Gasteiger partial charge is 0.133 e. The molecule has 178 valence electrons. The van der Waals surface area contributed by atoms with E-state index in [1.807, 2.05) is 6.92 Å². The van der Waals surface area contributed by atoms with Gasteiger partial charge in [0.1, 0.15) is 5.78 Å². The highest BCUT2D eigenvalue weighted by molar-refractivity contribution is 5.79. The van der Waals surface area contributed by atoms with E-state index in [1.54, 1.807) is 0 Å². The van der Waals surface area contributed by atoms with E-state index < -0.39 is 0 Å². The van der Waals surface area contributed by atoms with Crippen LogP contribution in [0.2, 0.25) is 0 Å². The Hall–Kier alpha value is -1.75. The number of ketones is 1. The molecule has 0 spiro atoms. The molecule has 0 heterocycles. The Labute approximate surface area is 201 Å². The van der Waals surface area contributed by atoms with Crippen LogP contribution in [0.25, 0.3) is 0 Å². The van der Waals surface area contributed by atoms with Crippen molar-refractivity contribution in [1.29, 1.82) is 0 Å². The fourth-order valence-corrected chi connectivity index (χ4v) is 9.09. The van der Waals surface area contributed by atoms with Crippen LogP contribution >= 0.6 is 0 Å². The van der Waals surface area contributed by atoms with Crippen LogP contribution in [-0.2, 0) is 4.79 Å². The van der Waals surface area contributed by atoms with Gasteiger partial charge in [-0.1, -0.05) is 25.7 Å². The number of hydrogen-bond donors (Lipinski definition) is 0. The predicted octanol–water partition coefficient (Wildman–Crippen LogP) is 6.97. The SMILES string of the molecule is CC(=O)[C@H]1CC[C@H]2[C@@H]3CC[C@@H]4C[C@@H](C#Cc5ccc(N(C)C)cc5)CC[C@]4(C)[C@H]3CC[C@]12C. The lowest BCUT2D eigenvalue weighted by molar-refractivity contribution is -0.134. The Morgan fingerprint density at radius 2 is 1.61 bits per heavy atom. The first-order chi connectivity index (χ1) is 15.7. The van der Waals surface area contributed by atoms with Gasteiger partial charge in [0.15, 0.2) is 0 Å². The van der Waals surface area contributed by atoms with E-state index >= 15 is 0 Å². The summed E-state index contributed by atoms with van der Waals surface area (Å²) in [6.07, 6.45) is 11.7. The maximum Gasteiger partial charge on any atom is 0.133 e. The molecule has 0 aliphatic heterocycles. The fourth-order valence-electron chi connectivity index (χ4n) is 9.09. The monoisotopic (exact) mass is 445 g/mol. The van der Waals surface area contributed by atoms with Crippen LogP contribution in [0.15, 0.2) is 24.3 Å². The van der Waals surface area contributed by atoms with Gasteiger partial charge < -0.3 is 4.90 Å². The Kier molecular flexibility index (Phi) is 5.91. The second kappa shape index (κ2) is 8.48. The zero-order valence-electron chi connectivity index (χ0n) is 21.5. The van der Waals surface area contributed by atoms with E-state index in [0.717, 1.165) is 35.7 Å². The number of Topliss-reactive ketones (excluding diaryl/α,β-unsaturated/α-hetero) is 1. The number of anilines is 1. The van der Waals surface area contributed by atoms with Crippen molar-refractivity contribution >= 4 is 11.5 Å². The van der Waals surface area contributed by atoms with Crippen LogP contribution in [0, 0.1) is 58.2 Å². The Morgan fingerprint density at radius 3 is 2.30 bits per heavy atom. The molecule has 4 fully saturated rings. The molecular formula is C31H43NO. The van der Waals surface area contributed by atoms with E-state index in [9.17, 15) is 4.79 Å². The first-order valence-corrected chi connectivity index (χ1v) is 13.5. The molecule has 0 amide bonds. The zero-order chi connectivity index (χ0) is 23.4. The van der Waals surface area contributed by atoms with Crippen molar-refractivity contribution in [3.63, 3.8) is 0 Å². The summed E-state index contributed by atoms with van der Waals surface area (Å²) in [5.41, 5.74) is 3.14. The maximum absolute atomic E-state index is 12.4. The van der Waals surface area contributed by atoms with Gasteiger partial charge in [-0.25, -0.2) is 0 Å². The van der Waals surface area contributed by atoms with Gasteiger partial charge in [0, 0.05) is 37.2 Å². The van der Waals surface area contributed by atoms with Crippen LogP contribution in [0.4, 0.5) is 5.69 Å². The summed E-state index contributed by atoms with van der Waals surface area (Å²) in [5, 5.41) is 0. The van der Waals surface area contributed by atoms with Crippen LogP contribution in [-0.4, -0.2) is 19.9 Å². The average molecular weight is 446 g/mol. The molecule has 2 nitrogen and oxygen atoms in total. The summed E-state index contributed by atoms with van der Waals surface area (Å²) in [6.45, 7) is 6.96. The van der Waals surface area contributed by atoms with Crippen LogP contribution in [0.5, 0.6) is 0 Å². The zero-order valence-corrected chi connectivity index (χ0v) is 21.5. The largest absolute Gasteiger partial charge is 0.378 e. The Morgan fingerprint density at radius 1 is 0.909 bits per heavy atom. The molecule has 0 bridgehead atoms. The standard InChI is InChI=1S/C31H43NO/c1-21(33)27-14-15-28-26-13-10-24-20-23(7-6-22-8-11-25(12-9-22)32(4)5)16-18-30(24,2)29(26)17-19-31(27,28)3/h8-9,11-12,23-24,26-29H,10,13-20H2,1-5H3/t23-,24+,26-,27+,28-,29-,30-,31+/m0/s1. The van der Waals surface area contributed by atoms with Gasteiger partial charge in [-0.3, -0.25) is 4.79 Å². The number of rotatable bonds is 2. The average Bonchev–Trinajstić information content (AvgIpc) is 3.15. The minimum absolute atomic E-state index is 0.279. The second-order valence-corrected chi connectivity index (χ2v) is 12.6. The van der Waals surface area contributed by atoms with E-state index in [0.29, 0.717) is 23.0 Å². The molecule has 4 aliphatic carbocycles. The van der Waals surface area contributed by atoms with Crippen molar-refractivity contribution in [3.05, 3.63) is 29.8 Å². The molecule has 0 radical (unpaired) electrons. The van der Waals surface area contributed by atoms with Gasteiger partial charge >= 0.3 is 0 Å². The molecule has 1 aromatic rings. The molecule has 0 unspecified atom stereocenters. The Bertz CT molecular complexity index is 951. The van der Waals surface area contributed by atoms with Gasteiger partial charge in [-0.2, -0.15) is 0 Å². The summed E-state index contributed by atoms with van der Waals surface area (Å²) in [5.74, 6) is 11.8. The summed E-state index contributed by atoms with van der Waals surface area (Å²) >= 11 is 0. The highest BCUT2D eigenvalue weighted by atomic mass is 16.1. The lowest BCUT2D eigenvalue weighted by atomic mass is 9.44. The minimum atomic E-state index is 0.279. The number of carbonyl (C=O) groups excluding carboxylic acids is 1. The lowest BCUT2D eigenvalue weighted by Gasteiger charge is -2.61.